The molecule has 23 heavy (non-hydrogen) atoms. The van der Waals surface area contributed by atoms with Gasteiger partial charge in [-0.1, -0.05) is 90.9 Å². The Labute approximate surface area is 141 Å². The van der Waals surface area contributed by atoms with E-state index in [9.17, 15) is 18.3 Å². The summed E-state index contributed by atoms with van der Waals surface area (Å²) in [4.78, 5) is 0. The predicted molar refractivity (Wildman–Crippen MR) is 91.5 cm³/mol. The third kappa shape index (κ3) is 15.0. The molecule has 0 fully saturated rings. The number of halogens is 3. The van der Waals surface area contributed by atoms with Crippen LogP contribution < -0.4 is 0 Å². The van der Waals surface area contributed by atoms with E-state index in [2.05, 4.69) is 6.92 Å². The minimum Gasteiger partial charge on any atom is -0.393 e. The Morgan fingerprint density at radius 1 is 0.739 bits per heavy atom. The van der Waals surface area contributed by atoms with Crippen LogP contribution >= 0.6 is 0 Å². The van der Waals surface area contributed by atoms with E-state index in [0.717, 1.165) is 26.2 Å². The summed E-state index contributed by atoms with van der Waals surface area (Å²) >= 11 is 0. The van der Waals surface area contributed by atoms with Crippen LogP contribution in [-0.2, 0) is 0 Å². The Bertz CT molecular complexity index is 253. The Morgan fingerprint density at radius 2 is 1.13 bits per heavy atom. The van der Waals surface area contributed by atoms with Crippen molar-refractivity contribution in [1.82, 2.24) is 0 Å². The van der Waals surface area contributed by atoms with Crippen LogP contribution in [0.1, 0.15) is 104 Å². The van der Waals surface area contributed by atoms with E-state index in [1.54, 1.807) is 0 Å². The minimum atomic E-state index is -4.18. The smallest absolute Gasteiger partial charge is 0.391 e. The van der Waals surface area contributed by atoms with Crippen LogP contribution in [0.4, 0.5) is 13.2 Å². The zero-order valence-electron chi connectivity index (χ0n) is 15.1. The van der Waals surface area contributed by atoms with Gasteiger partial charge in [0.05, 0.1) is 12.0 Å². The fourth-order valence-corrected chi connectivity index (χ4v) is 2.88. The maximum absolute atomic E-state index is 12.4. The molecule has 0 saturated carbocycles. The van der Waals surface area contributed by atoms with Gasteiger partial charge in [0.1, 0.15) is 0 Å². The third-order valence-corrected chi connectivity index (χ3v) is 4.58. The molecular weight excluding hydrogens is 301 g/mol. The van der Waals surface area contributed by atoms with Gasteiger partial charge in [0, 0.05) is 0 Å². The van der Waals surface area contributed by atoms with Crippen LogP contribution in [0.15, 0.2) is 0 Å². The first-order chi connectivity index (χ1) is 10.9. The van der Waals surface area contributed by atoms with E-state index in [1.807, 2.05) is 0 Å². The summed E-state index contributed by atoms with van der Waals surface area (Å²) in [6.07, 6.45) is 10.2. The maximum Gasteiger partial charge on any atom is 0.391 e. The second-order valence-corrected chi connectivity index (χ2v) is 7.01. The summed E-state index contributed by atoms with van der Waals surface area (Å²) in [5.74, 6) is -1.41. The minimum absolute atomic E-state index is 0.165. The average Bonchev–Trinajstić information content (AvgIpc) is 2.47. The van der Waals surface area contributed by atoms with Gasteiger partial charge in [0.2, 0.25) is 0 Å². The summed E-state index contributed by atoms with van der Waals surface area (Å²) in [6, 6.07) is 0. The van der Waals surface area contributed by atoms with E-state index < -0.39 is 18.2 Å². The van der Waals surface area contributed by atoms with Gasteiger partial charge in [0.25, 0.3) is 0 Å². The SMILES string of the molecule is CCCCCCCCCCCCCCC(O)CC(C)C(F)(F)F. The fraction of sp³-hybridized carbons (Fsp3) is 1.00. The highest BCUT2D eigenvalue weighted by atomic mass is 19.4. The second-order valence-electron chi connectivity index (χ2n) is 7.01. The summed E-state index contributed by atoms with van der Waals surface area (Å²) in [6.45, 7) is 3.38. The summed E-state index contributed by atoms with van der Waals surface area (Å²) in [5.41, 5.74) is 0. The van der Waals surface area contributed by atoms with Crippen LogP contribution in [0.25, 0.3) is 0 Å². The van der Waals surface area contributed by atoms with Gasteiger partial charge in [-0.3, -0.25) is 0 Å². The zero-order valence-corrected chi connectivity index (χ0v) is 15.1. The summed E-state index contributed by atoms with van der Waals surface area (Å²) < 4.78 is 37.1. The topological polar surface area (TPSA) is 20.2 Å². The lowest BCUT2D eigenvalue weighted by Crippen LogP contribution is -2.24. The van der Waals surface area contributed by atoms with Crippen molar-refractivity contribution in [2.24, 2.45) is 5.92 Å². The van der Waals surface area contributed by atoms with E-state index >= 15 is 0 Å². The molecule has 2 atom stereocenters. The summed E-state index contributed by atoms with van der Waals surface area (Å²) in [7, 11) is 0. The average molecular weight is 338 g/mol. The molecule has 0 aliphatic carbocycles. The van der Waals surface area contributed by atoms with Crippen LogP contribution in [0, 0.1) is 5.92 Å². The normalized spacial score (nSPS) is 14.9. The van der Waals surface area contributed by atoms with Gasteiger partial charge in [-0.25, -0.2) is 0 Å². The molecule has 0 aliphatic heterocycles. The molecule has 0 aromatic rings. The Morgan fingerprint density at radius 3 is 1.52 bits per heavy atom. The molecule has 0 bridgehead atoms. The van der Waals surface area contributed by atoms with Gasteiger partial charge in [-0.05, 0) is 12.8 Å². The largest absolute Gasteiger partial charge is 0.393 e. The first-order valence-electron chi connectivity index (χ1n) is 9.62. The molecule has 0 aromatic heterocycles. The lowest BCUT2D eigenvalue weighted by molar-refractivity contribution is -0.176. The van der Waals surface area contributed by atoms with Crippen molar-refractivity contribution in [3.63, 3.8) is 0 Å². The fourth-order valence-electron chi connectivity index (χ4n) is 2.88. The van der Waals surface area contributed by atoms with Gasteiger partial charge in [-0.2, -0.15) is 13.2 Å². The molecule has 0 radical (unpaired) electrons. The Balaban J connectivity index is 3.30. The third-order valence-electron chi connectivity index (χ3n) is 4.58. The number of hydrogen-bond donors (Lipinski definition) is 1. The number of aliphatic hydroxyl groups is 1. The number of unbranched alkanes of at least 4 members (excludes halogenated alkanes) is 11. The van der Waals surface area contributed by atoms with E-state index in [0.29, 0.717) is 6.42 Å². The van der Waals surface area contributed by atoms with Crippen molar-refractivity contribution in [1.29, 1.82) is 0 Å². The molecule has 0 amide bonds. The van der Waals surface area contributed by atoms with Crippen molar-refractivity contribution < 1.29 is 18.3 Å². The highest BCUT2D eigenvalue weighted by Gasteiger charge is 2.36. The molecule has 140 valence electrons. The molecule has 0 aliphatic rings. The van der Waals surface area contributed by atoms with Gasteiger partial charge in [0.15, 0.2) is 0 Å². The van der Waals surface area contributed by atoms with E-state index in [-0.39, 0.29) is 6.42 Å². The molecule has 1 nitrogen and oxygen atoms in total. The van der Waals surface area contributed by atoms with Crippen molar-refractivity contribution in [3.8, 4) is 0 Å². The van der Waals surface area contributed by atoms with Gasteiger partial charge < -0.3 is 5.11 Å². The first kappa shape index (κ1) is 22.8. The molecule has 1 N–H and O–H groups in total. The maximum atomic E-state index is 12.4. The molecule has 0 spiro atoms. The number of aliphatic hydroxyl groups excluding tert-OH is 1. The van der Waals surface area contributed by atoms with Crippen LogP contribution in [0.3, 0.4) is 0 Å². The molecule has 0 aromatic carbocycles. The second kappa shape index (κ2) is 14.1. The van der Waals surface area contributed by atoms with Crippen LogP contribution in [0.5, 0.6) is 0 Å². The lowest BCUT2D eigenvalue weighted by atomic mass is 9.98. The van der Waals surface area contributed by atoms with Crippen molar-refractivity contribution in [2.75, 3.05) is 0 Å². The highest BCUT2D eigenvalue weighted by Crippen LogP contribution is 2.30. The van der Waals surface area contributed by atoms with Gasteiger partial charge in [-0.15, -0.1) is 0 Å². The highest BCUT2D eigenvalue weighted by molar-refractivity contribution is 4.67. The number of hydrogen-bond acceptors (Lipinski definition) is 1. The standard InChI is InChI=1S/C19H37F3O/c1-3-4-5-6-7-8-9-10-11-12-13-14-15-18(23)16-17(2)19(20,21)22/h17-18,23H,3-16H2,1-2H3. The molecule has 2 unspecified atom stereocenters. The monoisotopic (exact) mass is 338 g/mol. The van der Waals surface area contributed by atoms with Crippen molar-refractivity contribution in [2.45, 2.75) is 116 Å². The van der Waals surface area contributed by atoms with Crippen LogP contribution in [-0.4, -0.2) is 17.4 Å². The quantitative estimate of drug-likeness (QED) is 0.318. The van der Waals surface area contributed by atoms with Gasteiger partial charge >= 0.3 is 6.18 Å². The summed E-state index contributed by atoms with van der Waals surface area (Å²) in [5, 5.41) is 9.64. The first-order valence-corrected chi connectivity index (χ1v) is 9.62. The molecular formula is C19H37F3O. The molecule has 4 heteroatoms. The number of alkyl halides is 3. The van der Waals surface area contributed by atoms with Crippen molar-refractivity contribution in [3.05, 3.63) is 0 Å². The Kier molecular flexibility index (Phi) is 14.0. The Hall–Kier alpha value is -0.250. The van der Waals surface area contributed by atoms with Crippen molar-refractivity contribution >= 4 is 0 Å². The van der Waals surface area contributed by atoms with E-state index in [1.165, 1.54) is 57.8 Å². The molecule has 0 saturated heterocycles. The molecule has 0 heterocycles. The molecule has 0 rings (SSSR count). The lowest BCUT2D eigenvalue weighted by Gasteiger charge is -2.19. The number of rotatable bonds is 15. The van der Waals surface area contributed by atoms with Crippen LogP contribution in [0.2, 0.25) is 0 Å². The van der Waals surface area contributed by atoms with E-state index in [4.69, 9.17) is 0 Å². The zero-order chi connectivity index (χ0) is 17.6. The predicted octanol–water partition coefficient (Wildman–Crippen LogP) is 7.03.